The zero-order valence-corrected chi connectivity index (χ0v) is 15.2. The molecule has 0 bridgehead atoms. The molecule has 8 nitrogen and oxygen atoms in total. The fourth-order valence-electron chi connectivity index (χ4n) is 2.92. The van der Waals surface area contributed by atoms with Crippen LogP contribution in [-0.4, -0.2) is 31.3 Å². The fourth-order valence-corrected chi connectivity index (χ4v) is 2.92. The van der Waals surface area contributed by atoms with Gasteiger partial charge in [0.05, 0.1) is 18.6 Å². The summed E-state index contributed by atoms with van der Waals surface area (Å²) in [5, 5.41) is 0. The number of nitrogens with zero attached hydrogens (tertiary/aromatic N) is 4. The summed E-state index contributed by atoms with van der Waals surface area (Å²) in [5.41, 5.74) is -0.582. The van der Waals surface area contributed by atoms with Gasteiger partial charge in [-0.05, 0) is 45.0 Å². The van der Waals surface area contributed by atoms with E-state index in [1.54, 1.807) is 20.8 Å². The number of rotatable bonds is 5. The Morgan fingerprint density at radius 1 is 1.22 bits per heavy atom. The Balaban J connectivity index is 2.35. The van der Waals surface area contributed by atoms with Crippen molar-refractivity contribution in [3.8, 4) is 5.69 Å². The third kappa shape index (κ3) is 3.05. The minimum absolute atomic E-state index is 0.0949. The molecule has 0 aliphatic rings. The molecule has 0 aliphatic carbocycles. The Bertz CT molecular complexity index is 1110. The molecule has 3 rings (SSSR count). The summed E-state index contributed by atoms with van der Waals surface area (Å²) in [6.07, 6.45) is 1.33. The normalized spacial score (nSPS) is 12.3. The van der Waals surface area contributed by atoms with Crippen LogP contribution in [0.15, 0.2) is 40.2 Å². The van der Waals surface area contributed by atoms with Crippen LogP contribution in [0.2, 0.25) is 0 Å². The summed E-state index contributed by atoms with van der Waals surface area (Å²) in [4.78, 5) is 42.0. The maximum absolute atomic E-state index is 13.3. The third-order valence-corrected chi connectivity index (χ3v) is 4.30. The molecule has 3 aromatic rings. The monoisotopic (exact) mass is 374 g/mol. The van der Waals surface area contributed by atoms with E-state index < -0.39 is 29.1 Å². The average Bonchev–Trinajstić information content (AvgIpc) is 3.08. The lowest BCUT2D eigenvalue weighted by Gasteiger charge is -2.14. The van der Waals surface area contributed by atoms with E-state index in [1.807, 2.05) is 0 Å². The molecular formula is C18H19FN4O4. The van der Waals surface area contributed by atoms with E-state index in [0.29, 0.717) is 5.69 Å². The highest BCUT2D eigenvalue weighted by molar-refractivity contribution is 5.79. The zero-order chi connectivity index (χ0) is 19.7. The largest absolute Gasteiger partial charge is 0.464 e. The molecular weight excluding hydrogens is 355 g/mol. The first-order valence-electron chi connectivity index (χ1n) is 8.55. The molecule has 0 aliphatic heterocycles. The van der Waals surface area contributed by atoms with Crippen LogP contribution in [0.3, 0.4) is 0 Å². The van der Waals surface area contributed by atoms with Crippen LogP contribution in [0.25, 0.3) is 16.9 Å². The summed E-state index contributed by atoms with van der Waals surface area (Å²) in [5.74, 6) is -0.966. The van der Waals surface area contributed by atoms with Gasteiger partial charge in [0.2, 0.25) is 0 Å². The van der Waals surface area contributed by atoms with E-state index in [9.17, 15) is 18.8 Å². The highest BCUT2D eigenvalue weighted by Gasteiger charge is 2.24. The molecule has 1 aromatic carbocycles. The van der Waals surface area contributed by atoms with Crippen LogP contribution in [0.5, 0.6) is 0 Å². The first-order valence-corrected chi connectivity index (χ1v) is 8.55. The van der Waals surface area contributed by atoms with Crippen molar-refractivity contribution >= 4 is 17.1 Å². The van der Waals surface area contributed by atoms with Gasteiger partial charge in [0.1, 0.15) is 11.9 Å². The van der Waals surface area contributed by atoms with Gasteiger partial charge in [-0.1, -0.05) is 0 Å². The second kappa shape index (κ2) is 7.18. The van der Waals surface area contributed by atoms with Crippen molar-refractivity contribution in [2.75, 3.05) is 6.61 Å². The SMILES string of the molecule is CCOC(=O)C(C)n1cnc2c1c(=O)n(CC)c(=O)n2-c1ccc(F)cc1. The van der Waals surface area contributed by atoms with E-state index in [2.05, 4.69) is 4.98 Å². The number of benzene rings is 1. The number of imidazole rings is 1. The molecule has 0 saturated heterocycles. The molecule has 0 saturated carbocycles. The van der Waals surface area contributed by atoms with Crippen molar-refractivity contribution in [3.05, 3.63) is 57.2 Å². The van der Waals surface area contributed by atoms with Gasteiger partial charge in [0.25, 0.3) is 5.56 Å². The van der Waals surface area contributed by atoms with Crippen LogP contribution in [-0.2, 0) is 16.1 Å². The van der Waals surface area contributed by atoms with Gasteiger partial charge >= 0.3 is 11.7 Å². The van der Waals surface area contributed by atoms with E-state index in [-0.39, 0.29) is 24.3 Å². The third-order valence-electron chi connectivity index (χ3n) is 4.30. The van der Waals surface area contributed by atoms with Gasteiger partial charge in [-0.15, -0.1) is 0 Å². The molecule has 0 spiro atoms. The number of ether oxygens (including phenoxy) is 1. The van der Waals surface area contributed by atoms with Crippen LogP contribution in [0.1, 0.15) is 26.8 Å². The van der Waals surface area contributed by atoms with Crippen LogP contribution in [0, 0.1) is 5.82 Å². The molecule has 0 amide bonds. The van der Waals surface area contributed by atoms with E-state index in [4.69, 9.17) is 4.74 Å². The number of esters is 1. The summed E-state index contributed by atoms with van der Waals surface area (Å²) in [7, 11) is 0. The number of hydrogen-bond acceptors (Lipinski definition) is 5. The van der Waals surface area contributed by atoms with Crippen molar-refractivity contribution < 1.29 is 13.9 Å². The highest BCUT2D eigenvalue weighted by Crippen LogP contribution is 2.18. The molecule has 9 heteroatoms. The highest BCUT2D eigenvalue weighted by atomic mass is 19.1. The van der Waals surface area contributed by atoms with Crippen LogP contribution < -0.4 is 11.2 Å². The van der Waals surface area contributed by atoms with Gasteiger partial charge < -0.3 is 9.30 Å². The second-order valence-corrected chi connectivity index (χ2v) is 5.90. The number of hydrogen-bond donors (Lipinski definition) is 0. The first-order chi connectivity index (χ1) is 12.9. The maximum Gasteiger partial charge on any atom is 0.337 e. The van der Waals surface area contributed by atoms with Crippen molar-refractivity contribution in [1.82, 2.24) is 18.7 Å². The van der Waals surface area contributed by atoms with Crippen molar-refractivity contribution in [2.24, 2.45) is 0 Å². The average molecular weight is 374 g/mol. The summed E-state index contributed by atoms with van der Waals surface area (Å²) < 4.78 is 22.0. The van der Waals surface area contributed by atoms with Gasteiger partial charge in [0, 0.05) is 6.54 Å². The van der Waals surface area contributed by atoms with Gasteiger partial charge in [-0.2, -0.15) is 0 Å². The molecule has 2 heterocycles. The molecule has 1 unspecified atom stereocenters. The summed E-state index contributed by atoms with van der Waals surface area (Å²) >= 11 is 0. The topological polar surface area (TPSA) is 88.1 Å². The van der Waals surface area contributed by atoms with E-state index in [0.717, 1.165) is 4.57 Å². The lowest BCUT2D eigenvalue weighted by Crippen LogP contribution is -2.40. The van der Waals surface area contributed by atoms with E-state index >= 15 is 0 Å². The Labute approximate surface area is 153 Å². The minimum atomic E-state index is -0.799. The van der Waals surface area contributed by atoms with Crippen molar-refractivity contribution in [1.29, 1.82) is 0 Å². The van der Waals surface area contributed by atoms with Crippen LogP contribution >= 0.6 is 0 Å². The first kappa shape index (κ1) is 18.6. The Hall–Kier alpha value is -3.23. The maximum atomic E-state index is 13.3. The van der Waals surface area contributed by atoms with Gasteiger partial charge in [-0.25, -0.2) is 23.5 Å². The Morgan fingerprint density at radius 2 is 1.89 bits per heavy atom. The Kier molecular flexibility index (Phi) is 4.93. The van der Waals surface area contributed by atoms with Gasteiger partial charge in [-0.3, -0.25) is 9.36 Å². The van der Waals surface area contributed by atoms with Crippen molar-refractivity contribution in [3.63, 3.8) is 0 Å². The molecule has 0 N–H and O–H groups in total. The Morgan fingerprint density at radius 3 is 2.48 bits per heavy atom. The standard InChI is InChI=1S/C18H19FN4O4/c1-4-21-16(24)14-15(20-10-22(14)11(3)17(25)27-5-2)23(18(21)26)13-8-6-12(19)7-9-13/h6-11H,4-5H2,1-3H3. The predicted octanol–water partition coefficient (Wildman–Crippen LogP) is 1.63. The molecule has 2 aromatic heterocycles. The van der Waals surface area contributed by atoms with Crippen LogP contribution in [0.4, 0.5) is 4.39 Å². The summed E-state index contributed by atoms with van der Waals surface area (Å²) in [6.45, 7) is 5.28. The molecule has 27 heavy (non-hydrogen) atoms. The molecule has 0 fully saturated rings. The number of aromatic nitrogens is 4. The fraction of sp³-hybridized carbons (Fsp3) is 0.333. The summed E-state index contributed by atoms with van der Waals surface area (Å²) in [6, 6.07) is 4.48. The quantitative estimate of drug-likeness (QED) is 0.634. The lowest BCUT2D eigenvalue weighted by molar-refractivity contribution is -0.146. The number of fused-ring (bicyclic) bond motifs is 1. The number of halogens is 1. The molecule has 0 radical (unpaired) electrons. The van der Waals surface area contributed by atoms with Gasteiger partial charge in [0.15, 0.2) is 11.2 Å². The molecule has 142 valence electrons. The number of carbonyl (C=O) groups excluding carboxylic acids is 1. The minimum Gasteiger partial charge on any atom is -0.464 e. The smallest absolute Gasteiger partial charge is 0.337 e. The number of carbonyl (C=O) groups is 1. The van der Waals surface area contributed by atoms with E-state index in [1.165, 1.54) is 39.7 Å². The lowest BCUT2D eigenvalue weighted by atomic mass is 10.3. The second-order valence-electron chi connectivity index (χ2n) is 5.90. The van der Waals surface area contributed by atoms with Crippen molar-refractivity contribution in [2.45, 2.75) is 33.4 Å². The predicted molar refractivity (Wildman–Crippen MR) is 96.6 cm³/mol. The zero-order valence-electron chi connectivity index (χ0n) is 15.2. The molecule has 1 atom stereocenters.